The lowest BCUT2D eigenvalue weighted by atomic mass is 10.3. The lowest BCUT2D eigenvalue weighted by molar-refractivity contribution is -0.130. The number of carbonyl (C=O) groups excluding carboxylic acids is 1. The van der Waals surface area contributed by atoms with Crippen LogP contribution in [-0.4, -0.2) is 36.6 Å². The van der Waals surface area contributed by atoms with Crippen LogP contribution in [0.15, 0.2) is 24.3 Å². The topological polar surface area (TPSA) is 49.8 Å². The number of carbonyl (C=O) groups is 1. The van der Waals surface area contributed by atoms with Crippen molar-refractivity contribution in [2.45, 2.75) is 0 Å². The van der Waals surface area contributed by atoms with Crippen LogP contribution in [0.2, 0.25) is 0 Å². The van der Waals surface area contributed by atoms with Crippen LogP contribution < -0.4 is 4.74 Å². The number of benzene rings is 1. The Balaban J connectivity index is 2.46. The van der Waals surface area contributed by atoms with Crippen LogP contribution in [0.1, 0.15) is 0 Å². The van der Waals surface area contributed by atoms with Gasteiger partial charge in [0.05, 0.1) is 0 Å². The molecule has 0 aliphatic rings. The number of phenolic OH excluding ortho intramolecular Hbond substituents is 1. The van der Waals surface area contributed by atoms with E-state index >= 15 is 0 Å². The van der Waals surface area contributed by atoms with Crippen molar-refractivity contribution in [3.05, 3.63) is 24.3 Å². The van der Waals surface area contributed by atoms with Gasteiger partial charge in [-0.25, -0.2) is 0 Å². The van der Waals surface area contributed by atoms with Crippen LogP contribution in [0.3, 0.4) is 0 Å². The first-order valence-corrected chi connectivity index (χ1v) is 4.21. The first kappa shape index (κ1) is 10.4. The molecule has 4 nitrogen and oxygen atoms in total. The Labute approximate surface area is 82.7 Å². The summed E-state index contributed by atoms with van der Waals surface area (Å²) in [5.41, 5.74) is 0. The number of ether oxygens (including phenoxy) is 1. The maximum Gasteiger partial charge on any atom is 0.259 e. The molecule has 0 radical (unpaired) electrons. The molecule has 4 heteroatoms. The maximum atomic E-state index is 11.1. The number of aromatic hydroxyl groups is 1. The molecule has 0 unspecified atom stereocenters. The molecule has 0 fully saturated rings. The van der Waals surface area contributed by atoms with Crippen molar-refractivity contribution < 1.29 is 14.6 Å². The molecule has 0 aromatic heterocycles. The summed E-state index contributed by atoms with van der Waals surface area (Å²) in [4.78, 5) is 12.6. The minimum absolute atomic E-state index is 0.0117. The molecule has 0 atom stereocenters. The van der Waals surface area contributed by atoms with Gasteiger partial charge in [-0.3, -0.25) is 4.79 Å². The van der Waals surface area contributed by atoms with Crippen LogP contribution in [0, 0.1) is 0 Å². The van der Waals surface area contributed by atoms with Crippen molar-refractivity contribution in [3.8, 4) is 11.5 Å². The van der Waals surface area contributed by atoms with Crippen molar-refractivity contribution >= 4 is 5.91 Å². The van der Waals surface area contributed by atoms with Gasteiger partial charge in [0.15, 0.2) is 6.61 Å². The van der Waals surface area contributed by atoms with Gasteiger partial charge in [-0.1, -0.05) is 0 Å². The van der Waals surface area contributed by atoms with Crippen molar-refractivity contribution in [1.29, 1.82) is 0 Å². The zero-order chi connectivity index (χ0) is 10.6. The van der Waals surface area contributed by atoms with Gasteiger partial charge in [0, 0.05) is 14.1 Å². The van der Waals surface area contributed by atoms with Crippen molar-refractivity contribution in [2.75, 3.05) is 20.7 Å². The minimum Gasteiger partial charge on any atom is -0.508 e. The molecule has 1 N–H and O–H groups in total. The summed E-state index contributed by atoms with van der Waals surface area (Å²) in [5, 5.41) is 8.99. The Hall–Kier alpha value is -1.71. The van der Waals surface area contributed by atoms with E-state index in [0.29, 0.717) is 5.75 Å². The average Bonchev–Trinajstić information content (AvgIpc) is 2.16. The van der Waals surface area contributed by atoms with Gasteiger partial charge in [0.1, 0.15) is 11.5 Å². The highest BCUT2D eigenvalue weighted by atomic mass is 16.5. The summed E-state index contributed by atoms with van der Waals surface area (Å²) in [7, 11) is 3.34. The molecule has 1 rings (SSSR count). The SMILES string of the molecule is CN(C)C(=O)COc1ccc(O)cc1. The number of hydrogen-bond acceptors (Lipinski definition) is 3. The molecule has 0 spiro atoms. The second-order valence-corrected chi connectivity index (χ2v) is 3.07. The molecule has 0 saturated carbocycles. The largest absolute Gasteiger partial charge is 0.508 e. The first-order valence-electron chi connectivity index (χ1n) is 4.21. The molecule has 1 aromatic carbocycles. The first-order chi connectivity index (χ1) is 6.59. The molecule has 1 aromatic rings. The van der Waals surface area contributed by atoms with E-state index in [-0.39, 0.29) is 18.3 Å². The van der Waals surface area contributed by atoms with E-state index in [9.17, 15) is 4.79 Å². The molecule has 0 bridgehead atoms. The fraction of sp³-hybridized carbons (Fsp3) is 0.300. The second-order valence-electron chi connectivity index (χ2n) is 3.07. The number of likely N-dealkylation sites (N-methyl/N-ethyl adjacent to an activating group) is 1. The third kappa shape index (κ3) is 2.97. The highest BCUT2D eigenvalue weighted by molar-refractivity contribution is 5.77. The molecule has 1 amide bonds. The Bertz CT molecular complexity index is 306. The summed E-state index contributed by atoms with van der Waals surface area (Å²) < 4.78 is 5.18. The van der Waals surface area contributed by atoms with E-state index in [1.165, 1.54) is 17.0 Å². The third-order valence-electron chi connectivity index (χ3n) is 1.70. The summed E-state index contributed by atoms with van der Waals surface area (Å²) in [5.74, 6) is 0.646. The zero-order valence-corrected chi connectivity index (χ0v) is 8.23. The molecule has 0 saturated heterocycles. The fourth-order valence-electron chi connectivity index (χ4n) is 0.817. The lowest BCUT2D eigenvalue weighted by Gasteiger charge is -2.11. The Kier molecular flexibility index (Phi) is 3.34. The van der Waals surface area contributed by atoms with Crippen LogP contribution in [0.4, 0.5) is 0 Å². The van der Waals surface area contributed by atoms with E-state index in [2.05, 4.69) is 0 Å². The molecular formula is C10H13NO3. The second kappa shape index (κ2) is 4.50. The van der Waals surface area contributed by atoms with Crippen LogP contribution in [-0.2, 0) is 4.79 Å². The zero-order valence-electron chi connectivity index (χ0n) is 8.23. The Morgan fingerprint density at radius 1 is 1.36 bits per heavy atom. The van der Waals surface area contributed by atoms with Gasteiger partial charge in [-0.15, -0.1) is 0 Å². The number of nitrogens with zero attached hydrogens (tertiary/aromatic N) is 1. The predicted octanol–water partition coefficient (Wildman–Crippen LogP) is 0.859. The van der Waals surface area contributed by atoms with Gasteiger partial charge < -0.3 is 14.7 Å². The number of phenols is 1. The highest BCUT2D eigenvalue weighted by Gasteiger charge is 2.04. The number of amides is 1. The van der Waals surface area contributed by atoms with E-state index in [4.69, 9.17) is 9.84 Å². The van der Waals surface area contributed by atoms with E-state index < -0.39 is 0 Å². The quantitative estimate of drug-likeness (QED) is 0.778. The van der Waals surface area contributed by atoms with E-state index in [1.807, 2.05) is 0 Å². The smallest absolute Gasteiger partial charge is 0.259 e. The monoisotopic (exact) mass is 195 g/mol. The fourth-order valence-corrected chi connectivity index (χ4v) is 0.817. The van der Waals surface area contributed by atoms with Gasteiger partial charge in [-0.2, -0.15) is 0 Å². The predicted molar refractivity (Wildman–Crippen MR) is 52.3 cm³/mol. The van der Waals surface area contributed by atoms with Gasteiger partial charge in [0.25, 0.3) is 5.91 Å². The normalized spacial score (nSPS) is 9.57. The van der Waals surface area contributed by atoms with Crippen molar-refractivity contribution in [2.24, 2.45) is 0 Å². The van der Waals surface area contributed by atoms with Crippen molar-refractivity contribution in [3.63, 3.8) is 0 Å². The molecule has 0 aliphatic carbocycles. The van der Waals surface area contributed by atoms with Crippen LogP contribution >= 0.6 is 0 Å². The van der Waals surface area contributed by atoms with Gasteiger partial charge in [-0.05, 0) is 24.3 Å². The highest BCUT2D eigenvalue weighted by Crippen LogP contribution is 2.15. The molecule has 0 aliphatic heterocycles. The molecule has 0 heterocycles. The summed E-state index contributed by atoms with van der Waals surface area (Å²) in [6.07, 6.45) is 0. The molecular weight excluding hydrogens is 182 g/mol. The van der Waals surface area contributed by atoms with E-state index in [1.54, 1.807) is 26.2 Å². The van der Waals surface area contributed by atoms with Crippen LogP contribution in [0.5, 0.6) is 11.5 Å². The summed E-state index contributed by atoms with van der Waals surface area (Å²) >= 11 is 0. The van der Waals surface area contributed by atoms with Crippen LogP contribution in [0.25, 0.3) is 0 Å². The Morgan fingerprint density at radius 3 is 2.43 bits per heavy atom. The lowest BCUT2D eigenvalue weighted by Crippen LogP contribution is -2.27. The average molecular weight is 195 g/mol. The minimum atomic E-state index is -0.0990. The molecule has 76 valence electrons. The maximum absolute atomic E-state index is 11.1. The number of hydrogen-bond donors (Lipinski definition) is 1. The van der Waals surface area contributed by atoms with Crippen molar-refractivity contribution in [1.82, 2.24) is 4.90 Å². The summed E-state index contributed by atoms with van der Waals surface area (Å²) in [6, 6.07) is 6.24. The standard InChI is InChI=1S/C10H13NO3/c1-11(2)10(13)7-14-9-5-3-8(12)4-6-9/h3-6,12H,7H2,1-2H3. The summed E-state index contributed by atoms with van der Waals surface area (Å²) in [6.45, 7) is 0.0117. The van der Waals surface area contributed by atoms with E-state index in [0.717, 1.165) is 0 Å². The van der Waals surface area contributed by atoms with Gasteiger partial charge >= 0.3 is 0 Å². The third-order valence-corrected chi connectivity index (χ3v) is 1.70. The van der Waals surface area contributed by atoms with Gasteiger partial charge in [0.2, 0.25) is 0 Å². The molecule has 14 heavy (non-hydrogen) atoms. The number of rotatable bonds is 3. The Morgan fingerprint density at radius 2 is 1.93 bits per heavy atom.